The number of urea groups is 1. The Labute approximate surface area is 225 Å². The number of nitrogens with one attached hydrogen (secondary N) is 3. The summed E-state index contributed by atoms with van der Waals surface area (Å²) < 4.78 is 18.4. The second-order valence-corrected chi connectivity index (χ2v) is 9.15. The number of hydrogen-bond donors (Lipinski definition) is 3. The van der Waals surface area contributed by atoms with Crippen molar-refractivity contribution in [1.29, 1.82) is 0 Å². The fourth-order valence-corrected chi connectivity index (χ4v) is 4.17. The van der Waals surface area contributed by atoms with Crippen molar-refractivity contribution in [3.05, 3.63) is 65.2 Å². The molecule has 1 aromatic heterocycles. The molecule has 1 saturated heterocycles. The number of piperazine rings is 1. The SMILES string of the molecule is CC(=O)OCCN1CCN(c2cc(Nc3cccc(NC(=O)Nc4ccc(F)c(Cl)c4)c3)nc(C)n2)CC1. The standard InChI is InChI=1S/C26H29ClFN7O3/c1-17-29-24(16-25(30-17)35-10-8-34(9-11-35)12-13-38-18(2)36)31-19-4-3-5-20(14-19)32-26(37)33-21-6-7-23(28)22(27)15-21/h3-7,14-16H,8-13H2,1-2H3,(H,29,30,31)(H2,32,33,37). The number of benzene rings is 2. The minimum Gasteiger partial charge on any atom is -0.465 e. The number of hydrogen-bond acceptors (Lipinski definition) is 8. The van der Waals surface area contributed by atoms with Crippen molar-refractivity contribution in [1.82, 2.24) is 14.9 Å². The molecule has 0 spiro atoms. The highest BCUT2D eigenvalue weighted by molar-refractivity contribution is 6.31. The summed E-state index contributed by atoms with van der Waals surface area (Å²) in [6.07, 6.45) is 0. The van der Waals surface area contributed by atoms with Crippen LogP contribution in [0.5, 0.6) is 0 Å². The fraction of sp³-hybridized carbons (Fsp3) is 0.308. The zero-order valence-corrected chi connectivity index (χ0v) is 21.9. The minimum absolute atomic E-state index is 0.0744. The molecule has 3 N–H and O–H groups in total. The van der Waals surface area contributed by atoms with E-state index in [1.807, 2.05) is 19.1 Å². The Hall–Kier alpha value is -3.96. The van der Waals surface area contributed by atoms with E-state index in [9.17, 15) is 14.0 Å². The topological polar surface area (TPSA) is 112 Å². The van der Waals surface area contributed by atoms with Crippen LogP contribution in [-0.2, 0) is 9.53 Å². The lowest BCUT2D eigenvalue weighted by molar-refractivity contribution is -0.141. The molecule has 0 bridgehead atoms. The molecule has 2 amide bonds. The van der Waals surface area contributed by atoms with Crippen LogP contribution in [0.4, 0.5) is 37.9 Å². The maximum absolute atomic E-state index is 13.3. The Bertz CT molecular complexity index is 1300. The van der Waals surface area contributed by atoms with Gasteiger partial charge in [-0.2, -0.15) is 0 Å². The average molecular weight is 542 g/mol. The van der Waals surface area contributed by atoms with E-state index in [-0.39, 0.29) is 11.0 Å². The van der Waals surface area contributed by atoms with E-state index in [1.165, 1.54) is 25.1 Å². The molecule has 10 nitrogen and oxygen atoms in total. The molecule has 0 saturated carbocycles. The van der Waals surface area contributed by atoms with Crippen LogP contribution in [0.25, 0.3) is 0 Å². The van der Waals surface area contributed by atoms with Crippen LogP contribution in [-0.4, -0.2) is 66.2 Å². The molecule has 0 atom stereocenters. The van der Waals surface area contributed by atoms with Gasteiger partial charge in [0.1, 0.15) is 29.9 Å². The Morgan fingerprint density at radius 1 is 1.00 bits per heavy atom. The summed E-state index contributed by atoms with van der Waals surface area (Å²) in [7, 11) is 0. The molecule has 3 aromatic rings. The molecule has 0 radical (unpaired) electrons. The Morgan fingerprint density at radius 2 is 1.71 bits per heavy atom. The van der Waals surface area contributed by atoms with Gasteiger partial charge in [-0.1, -0.05) is 17.7 Å². The van der Waals surface area contributed by atoms with Crippen LogP contribution in [0.2, 0.25) is 5.02 Å². The number of amides is 2. The fourth-order valence-electron chi connectivity index (χ4n) is 3.99. The molecule has 2 aromatic carbocycles. The Balaban J connectivity index is 1.35. The smallest absolute Gasteiger partial charge is 0.323 e. The van der Waals surface area contributed by atoms with E-state index in [0.717, 1.165) is 37.7 Å². The van der Waals surface area contributed by atoms with E-state index in [0.29, 0.717) is 36.2 Å². The second-order valence-electron chi connectivity index (χ2n) is 8.74. The van der Waals surface area contributed by atoms with Gasteiger partial charge in [0.25, 0.3) is 0 Å². The number of esters is 1. The summed E-state index contributed by atoms with van der Waals surface area (Å²) in [5.41, 5.74) is 1.65. The number of ether oxygens (including phenoxy) is 1. The third-order valence-electron chi connectivity index (χ3n) is 5.80. The highest BCUT2D eigenvalue weighted by atomic mass is 35.5. The van der Waals surface area contributed by atoms with E-state index in [2.05, 4.69) is 35.7 Å². The predicted octanol–water partition coefficient (Wildman–Crippen LogP) is 4.65. The number of aromatic nitrogens is 2. The first kappa shape index (κ1) is 27.1. The highest BCUT2D eigenvalue weighted by Crippen LogP contribution is 2.24. The number of nitrogens with zero attached hydrogens (tertiary/aromatic N) is 4. The van der Waals surface area contributed by atoms with Gasteiger partial charge >= 0.3 is 12.0 Å². The summed E-state index contributed by atoms with van der Waals surface area (Å²) >= 11 is 5.78. The zero-order valence-electron chi connectivity index (χ0n) is 21.1. The van der Waals surface area contributed by atoms with Crippen LogP contribution in [0.1, 0.15) is 12.7 Å². The van der Waals surface area contributed by atoms with Gasteiger partial charge in [0, 0.05) is 62.8 Å². The van der Waals surface area contributed by atoms with E-state index < -0.39 is 11.8 Å². The molecular weight excluding hydrogens is 513 g/mol. The van der Waals surface area contributed by atoms with Crippen molar-refractivity contribution in [3.63, 3.8) is 0 Å². The monoisotopic (exact) mass is 541 g/mol. The number of aryl methyl sites for hydroxylation is 1. The minimum atomic E-state index is -0.557. The number of halogens is 2. The van der Waals surface area contributed by atoms with Crippen molar-refractivity contribution >= 4 is 52.3 Å². The molecule has 0 aliphatic carbocycles. The average Bonchev–Trinajstić information content (AvgIpc) is 2.86. The van der Waals surface area contributed by atoms with Crippen LogP contribution in [0, 0.1) is 12.7 Å². The quantitative estimate of drug-likeness (QED) is 0.353. The zero-order chi connectivity index (χ0) is 27.1. The van der Waals surface area contributed by atoms with Crippen molar-refractivity contribution in [3.8, 4) is 0 Å². The first-order chi connectivity index (χ1) is 18.2. The predicted molar refractivity (Wildman–Crippen MR) is 146 cm³/mol. The first-order valence-corrected chi connectivity index (χ1v) is 12.5. The maximum atomic E-state index is 13.3. The van der Waals surface area contributed by atoms with Gasteiger partial charge in [-0.05, 0) is 43.3 Å². The lowest BCUT2D eigenvalue weighted by atomic mass is 10.2. The molecule has 2 heterocycles. The normalized spacial score (nSPS) is 13.6. The number of carbonyl (C=O) groups excluding carboxylic acids is 2. The molecule has 38 heavy (non-hydrogen) atoms. The van der Waals surface area contributed by atoms with Crippen LogP contribution >= 0.6 is 11.6 Å². The maximum Gasteiger partial charge on any atom is 0.323 e. The summed E-state index contributed by atoms with van der Waals surface area (Å²) in [4.78, 5) is 36.9. The molecule has 1 aliphatic heterocycles. The Morgan fingerprint density at radius 3 is 2.42 bits per heavy atom. The molecule has 4 rings (SSSR count). The largest absolute Gasteiger partial charge is 0.465 e. The summed E-state index contributed by atoms with van der Waals surface area (Å²) in [6.45, 7) is 7.63. The third kappa shape index (κ3) is 7.77. The third-order valence-corrected chi connectivity index (χ3v) is 6.09. The molecule has 1 aliphatic rings. The summed E-state index contributed by atoms with van der Waals surface area (Å²) in [6, 6.07) is 12.5. The van der Waals surface area contributed by atoms with Gasteiger partial charge in [-0.25, -0.2) is 19.2 Å². The van der Waals surface area contributed by atoms with Gasteiger partial charge < -0.3 is 25.6 Å². The number of anilines is 5. The van der Waals surface area contributed by atoms with Crippen molar-refractivity contribution in [2.45, 2.75) is 13.8 Å². The van der Waals surface area contributed by atoms with Gasteiger partial charge in [-0.15, -0.1) is 0 Å². The van der Waals surface area contributed by atoms with Crippen LogP contribution < -0.4 is 20.9 Å². The number of rotatable bonds is 8. The summed E-state index contributed by atoms with van der Waals surface area (Å²) in [5.74, 6) is 1.27. The van der Waals surface area contributed by atoms with Crippen LogP contribution in [0.15, 0.2) is 48.5 Å². The van der Waals surface area contributed by atoms with Gasteiger partial charge in [-0.3, -0.25) is 9.69 Å². The van der Waals surface area contributed by atoms with Crippen molar-refractivity contribution < 1.29 is 18.7 Å². The molecule has 12 heteroatoms. The lowest BCUT2D eigenvalue weighted by Crippen LogP contribution is -2.47. The highest BCUT2D eigenvalue weighted by Gasteiger charge is 2.19. The van der Waals surface area contributed by atoms with Crippen molar-refractivity contribution in [2.24, 2.45) is 0 Å². The van der Waals surface area contributed by atoms with Gasteiger partial charge in [0.15, 0.2) is 0 Å². The second kappa shape index (κ2) is 12.5. The molecule has 1 fully saturated rings. The first-order valence-electron chi connectivity index (χ1n) is 12.1. The number of carbonyl (C=O) groups is 2. The van der Waals surface area contributed by atoms with Crippen molar-refractivity contribution in [2.75, 3.05) is 60.2 Å². The Kier molecular flexibility index (Phi) is 8.93. The van der Waals surface area contributed by atoms with E-state index in [4.69, 9.17) is 16.3 Å². The lowest BCUT2D eigenvalue weighted by Gasteiger charge is -2.35. The molecule has 200 valence electrons. The summed E-state index contributed by atoms with van der Waals surface area (Å²) in [5, 5.41) is 8.58. The van der Waals surface area contributed by atoms with E-state index in [1.54, 1.807) is 18.2 Å². The van der Waals surface area contributed by atoms with Crippen LogP contribution in [0.3, 0.4) is 0 Å². The van der Waals surface area contributed by atoms with E-state index >= 15 is 0 Å². The van der Waals surface area contributed by atoms with Gasteiger partial charge in [0.2, 0.25) is 0 Å². The molecule has 0 unspecified atom stereocenters. The van der Waals surface area contributed by atoms with Gasteiger partial charge in [0.05, 0.1) is 5.02 Å². The molecular formula is C26H29ClFN7O3.